The molecule has 0 amide bonds. The summed E-state index contributed by atoms with van der Waals surface area (Å²) in [6, 6.07) is -0.862. The molecule has 0 saturated carbocycles. The molecule has 12 heavy (non-hydrogen) atoms. The van der Waals surface area contributed by atoms with Gasteiger partial charge in [0.25, 0.3) is 0 Å². The zero-order valence-corrected chi connectivity index (χ0v) is 8.69. The molecule has 0 saturated heterocycles. The first-order chi connectivity index (χ1) is 5.61. The molecule has 5 nitrogen and oxygen atoms in total. The summed E-state index contributed by atoms with van der Waals surface area (Å²) in [7, 11) is 3.70. The Morgan fingerprint density at radius 3 is 2.67 bits per heavy atom. The molecule has 0 fully saturated rings. The summed E-state index contributed by atoms with van der Waals surface area (Å²) in [5, 5.41) is 11.0. The number of carbonyl (C=O) groups is 2. The predicted molar refractivity (Wildman–Crippen MR) is 49.2 cm³/mol. The van der Waals surface area contributed by atoms with Gasteiger partial charge >= 0.3 is 11.9 Å². The van der Waals surface area contributed by atoms with E-state index in [4.69, 9.17) is 5.11 Å². The van der Waals surface area contributed by atoms with E-state index in [2.05, 4.69) is 18.8 Å². The minimum Gasteiger partial charge on any atom is -0.480 e. The lowest BCUT2D eigenvalue weighted by Gasteiger charge is -2.08. The van der Waals surface area contributed by atoms with Crippen molar-refractivity contribution in [1.29, 1.82) is 0 Å². The number of hydrogen-bond acceptors (Lipinski definition) is 4. The maximum Gasteiger partial charge on any atom is 0.321 e. The van der Waals surface area contributed by atoms with Crippen molar-refractivity contribution in [3.05, 3.63) is 0 Å². The van der Waals surface area contributed by atoms with Crippen LogP contribution in [0, 0.1) is 0 Å². The van der Waals surface area contributed by atoms with Gasteiger partial charge in [0.05, 0.1) is 14.9 Å². The van der Waals surface area contributed by atoms with Crippen molar-refractivity contribution < 1.29 is 19.2 Å². The van der Waals surface area contributed by atoms with E-state index in [0.717, 1.165) is 0 Å². The standard InChI is InChI=1S/C5H11NO4P2/c1-6-3(5(8)9)2-4(7)10-12-11/h3,6,12H,2,11H2,1H3,(H,8,9). The number of likely N-dealkylation sites (N-methyl/N-ethyl adjacent to an activating group) is 1. The van der Waals surface area contributed by atoms with Gasteiger partial charge in [-0.1, -0.05) is 8.93 Å². The Hall–Kier alpha value is -0.240. The number of rotatable bonds is 5. The Kier molecular flexibility index (Phi) is 6.17. The summed E-state index contributed by atoms with van der Waals surface area (Å²) in [4.78, 5) is 21.2. The Bertz CT molecular complexity index is 175. The SMILES string of the molecule is CNC(CC(=O)OPP)C(=O)O. The molecule has 7 heteroatoms. The topological polar surface area (TPSA) is 75.6 Å². The minimum absolute atomic E-state index is 0.0209. The largest absolute Gasteiger partial charge is 0.480 e. The first-order valence-electron chi connectivity index (χ1n) is 3.17. The van der Waals surface area contributed by atoms with Crippen LogP contribution < -0.4 is 5.32 Å². The monoisotopic (exact) mass is 211 g/mol. The van der Waals surface area contributed by atoms with Crippen LogP contribution in [0.1, 0.15) is 6.42 Å². The smallest absolute Gasteiger partial charge is 0.321 e. The zero-order chi connectivity index (χ0) is 9.56. The van der Waals surface area contributed by atoms with Crippen molar-refractivity contribution in [1.82, 2.24) is 5.32 Å². The molecule has 0 aromatic rings. The van der Waals surface area contributed by atoms with Crippen molar-refractivity contribution in [3.8, 4) is 0 Å². The zero-order valence-electron chi connectivity index (χ0n) is 6.53. The molecule has 0 aromatic heterocycles. The van der Waals surface area contributed by atoms with E-state index < -0.39 is 18.0 Å². The molecule has 2 N–H and O–H groups in total. The van der Waals surface area contributed by atoms with Gasteiger partial charge in [-0.3, -0.25) is 9.59 Å². The van der Waals surface area contributed by atoms with Crippen LogP contribution in [0.2, 0.25) is 0 Å². The number of aliphatic carboxylic acids is 1. The van der Waals surface area contributed by atoms with Crippen molar-refractivity contribution in [2.75, 3.05) is 7.05 Å². The van der Waals surface area contributed by atoms with Crippen LogP contribution in [0.15, 0.2) is 0 Å². The van der Waals surface area contributed by atoms with Crippen LogP contribution in [0.4, 0.5) is 0 Å². The molecule has 0 aliphatic carbocycles. The molecule has 0 spiro atoms. The van der Waals surface area contributed by atoms with E-state index in [-0.39, 0.29) is 14.9 Å². The fraction of sp³-hybridized carbons (Fsp3) is 0.600. The van der Waals surface area contributed by atoms with E-state index in [1.807, 2.05) is 0 Å². The van der Waals surface area contributed by atoms with Crippen molar-refractivity contribution in [3.63, 3.8) is 0 Å². The fourth-order valence-electron chi connectivity index (χ4n) is 0.587. The third-order valence-electron chi connectivity index (χ3n) is 1.19. The van der Waals surface area contributed by atoms with Crippen LogP contribution in [0.25, 0.3) is 0 Å². The van der Waals surface area contributed by atoms with Gasteiger partial charge in [-0.15, -0.1) is 0 Å². The molecule has 0 rings (SSSR count). The second kappa shape index (κ2) is 6.30. The first kappa shape index (κ1) is 11.8. The fourth-order valence-corrected chi connectivity index (χ4v) is 1.20. The molecular formula is C5H11NO4P2. The summed E-state index contributed by atoms with van der Waals surface area (Å²) >= 11 is 0. The molecule has 0 aliphatic rings. The third kappa shape index (κ3) is 4.60. The van der Waals surface area contributed by atoms with E-state index >= 15 is 0 Å². The van der Waals surface area contributed by atoms with E-state index in [1.165, 1.54) is 7.05 Å². The van der Waals surface area contributed by atoms with Gasteiger partial charge < -0.3 is 14.9 Å². The maximum absolute atomic E-state index is 10.8. The summed E-state index contributed by atoms with van der Waals surface area (Å²) in [5.41, 5.74) is 0. The van der Waals surface area contributed by atoms with Gasteiger partial charge in [-0.05, 0) is 7.05 Å². The summed E-state index contributed by atoms with van der Waals surface area (Å²) in [6.45, 7) is 0. The highest BCUT2D eigenvalue weighted by molar-refractivity contribution is 8.00. The molecule has 0 radical (unpaired) electrons. The lowest BCUT2D eigenvalue weighted by atomic mass is 10.2. The quantitative estimate of drug-likeness (QED) is 0.625. The average molecular weight is 211 g/mol. The van der Waals surface area contributed by atoms with E-state index in [0.29, 0.717) is 0 Å². The second-order valence-corrected chi connectivity index (χ2v) is 3.12. The Balaban J connectivity index is 3.85. The van der Waals surface area contributed by atoms with Crippen molar-refractivity contribution in [2.24, 2.45) is 0 Å². The van der Waals surface area contributed by atoms with Gasteiger partial charge in [0, 0.05) is 0 Å². The number of carbonyl (C=O) groups excluding carboxylic acids is 1. The van der Waals surface area contributed by atoms with Crippen LogP contribution >= 0.6 is 17.4 Å². The van der Waals surface area contributed by atoms with Gasteiger partial charge in [0.2, 0.25) is 0 Å². The highest BCUT2D eigenvalue weighted by Crippen LogP contribution is 2.21. The molecule has 0 aliphatic heterocycles. The van der Waals surface area contributed by atoms with Crippen molar-refractivity contribution >= 4 is 29.4 Å². The highest BCUT2D eigenvalue weighted by Gasteiger charge is 2.19. The van der Waals surface area contributed by atoms with Crippen LogP contribution in [-0.4, -0.2) is 30.1 Å². The average Bonchev–Trinajstić information content (AvgIpc) is 2.00. The highest BCUT2D eigenvalue weighted by atomic mass is 32.0. The second-order valence-electron chi connectivity index (χ2n) is 1.98. The van der Waals surface area contributed by atoms with Crippen LogP contribution in [-0.2, 0) is 14.1 Å². The number of nitrogens with one attached hydrogen (secondary N) is 1. The predicted octanol–water partition coefficient (Wildman–Crippen LogP) is -0.0241. The molecule has 3 atom stereocenters. The normalized spacial score (nSPS) is 13.2. The lowest BCUT2D eigenvalue weighted by Crippen LogP contribution is -2.35. The molecule has 0 bridgehead atoms. The summed E-state index contributed by atoms with van der Waals surface area (Å²) < 4.78 is 4.57. The maximum atomic E-state index is 10.8. The molecular weight excluding hydrogens is 200 g/mol. The van der Waals surface area contributed by atoms with E-state index in [9.17, 15) is 9.59 Å². The lowest BCUT2D eigenvalue weighted by molar-refractivity contribution is -0.144. The number of hydrogen-bond donors (Lipinski definition) is 2. The third-order valence-corrected chi connectivity index (χ3v) is 1.89. The molecule has 3 unspecified atom stereocenters. The van der Waals surface area contributed by atoms with Gasteiger partial charge in [-0.25, -0.2) is 0 Å². The van der Waals surface area contributed by atoms with Gasteiger partial charge in [-0.2, -0.15) is 0 Å². The van der Waals surface area contributed by atoms with Crippen LogP contribution in [0.5, 0.6) is 0 Å². The van der Waals surface area contributed by atoms with Gasteiger partial charge in [0.15, 0.2) is 0 Å². The Morgan fingerprint density at radius 2 is 2.33 bits per heavy atom. The van der Waals surface area contributed by atoms with E-state index in [1.54, 1.807) is 0 Å². The molecule has 0 heterocycles. The molecule has 70 valence electrons. The number of carboxylic acid groups (broad SMARTS) is 1. The molecule has 0 aromatic carbocycles. The summed E-state index contributed by atoms with van der Waals surface area (Å²) in [5.74, 6) is -1.56. The minimum atomic E-state index is -1.05. The van der Waals surface area contributed by atoms with Gasteiger partial charge in [0.1, 0.15) is 6.04 Å². The summed E-state index contributed by atoms with van der Waals surface area (Å²) in [6.07, 6.45) is -0.146. The first-order valence-corrected chi connectivity index (χ1v) is 5.89. The van der Waals surface area contributed by atoms with Crippen molar-refractivity contribution in [2.45, 2.75) is 12.5 Å². The Labute approximate surface area is 74.2 Å². The Morgan fingerprint density at radius 1 is 1.75 bits per heavy atom. The van der Waals surface area contributed by atoms with Crippen LogP contribution in [0.3, 0.4) is 0 Å². The number of carboxylic acids is 1.